The van der Waals surface area contributed by atoms with E-state index in [2.05, 4.69) is 0 Å². The van der Waals surface area contributed by atoms with Crippen LogP contribution in [0.2, 0.25) is 0 Å². The lowest BCUT2D eigenvalue weighted by atomic mass is 9.80. The van der Waals surface area contributed by atoms with Gasteiger partial charge in [-0.15, -0.1) is 0 Å². The smallest absolute Gasteiger partial charge is 0.194 e. The fourth-order valence-corrected chi connectivity index (χ4v) is 1.72. The normalized spacial score (nSPS) is 11.9. The molecule has 0 aliphatic heterocycles. The molecule has 0 saturated heterocycles. The zero-order chi connectivity index (χ0) is 11.6. The molecule has 0 atom stereocenters. The van der Waals surface area contributed by atoms with Gasteiger partial charge in [-0.3, -0.25) is 0 Å². The standard InChI is InChI=1S/C12H15F3/c1-4-5-12(2,3)8-6-9(13)11(15)10(14)7-8/h6-7H,4-5H2,1-3H3. The Morgan fingerprint density at radius 1 is 1.07 bits per heavy atom. The minimum absolute atomic E-state index is 0.329. The lowest BCUT2D eigenvalue weighted by molar-refractivity contribution is 0.426. The Labute approximate surface area is 88.1 Å². The van der Waals surface area contributed by atoms with Crippen LogP contribution in [0.5, 0.6) is 0 Å². The first-order valence-corrected chi connectivity index (χ1v) is 5.03. The van der Waals surface area contributed by atoms with Gasteiger partial charge in [-0.05, 0) is 29.5 Å². The minimum atomic E-state index is -1.40. The molecule has 0 fully saturated rings. The van der Waals surface area contributed by atoms with Gasteiger partial charge in [0.15, 0.2) is 17.5 Å². The highest BCUT2D eigenvalue weighted by atomic mass is 19.2. The van der Waals surface area contributed by atoms with Crippen LogP contribution in [0.25, 0.3) is 0 Å². The van der Waals surface area contributed by atoms with Crippen LogP contribution < -0.4 is 0 Å². The highest BCUT2D eigenvalue weighted by molar-refractivity contribution is 5.26. The molecule has 0 nitrogen and oxygen atoms in total. The van der Waals surface area contributed by atoms with Crippen molar-refractivity contribution in [3.63, 3.8) is 0 Å². The van der Waals surface area contributed by atoms with E-state index >= 15 is 0 Å². The molecule has 15 heavy (non-hydrogen) atoms. The van der Waals surface area contributed by atoms with Gasteiger partial charge in [-0.1, -0.05) is 27.2 Å². The second-order valence-electron chi connectivity index (χ2n) is 4.39. The van der Waals surface area contributed by atoms with Gasteiger partial charge in [0, 0.05) is 0 Å². The van der Waals surface area contributed by atoms with E-state index in [1.54, 1.807) is 0 Å². The SMILES string of the molecule is CCCC(C)(C)c1cc(F)c(F)c(F)c1. The molecule has 0 heterocycles. The van der Waals surface area contributed by atoms with Crippen LogP contribution in [-0.2, 0) is 5.41 Å². The van der Waals surface area contributed by atoms with Gasteiger partial charge in [0.2, 0.25) is 0 Å². The van der Waals surface area contributed by atoms with Crippen LogP contribution in [0.1, 0.15) is 39.2 Å². The Bertz CT molecular complexity index is 333. The maximum absolute atomic E-state index is 13.0. The zero-order valence-corrected chi connectivity index (χ0v) is 9.20. The summed E-state index contributed by atoms with van der Waals surface area (Å²) in [5, 5.41) is 0. The predicted molar refractivity (Wildman–Crippen MR) is 54.3 cm³/mol. The summed E-state index contributed by atoms with van der Waals surface area (Å²) in [7, 11) is 0. The van der Waals surface area contributed by atoms with Gasteiger partial charge in [0.1, 0.15) is 0 Å². The predicted octanol–water partition coefficient (Wildman–Crippen LogP) is 4.18. The minimum Gasteiger partial charge on any atom is -0.204 e. The molecule has 0 N–H and O–H groups in total. The lowest BCUT2D eigenvalue weighted by Crippen LogP contribution is -2.17. The Morgan fingerprint density at radius 2 is 1.53 bits per heavy atom. The monoisotopic (exact) mass is 216 g/mol. The number of hydrogen-bond donors (Lipinski definition) is 0. The molecule has 0 aromatic heterocycles. The van der Waals surface area contributed by atoms with E-state index < -0.39 is 17.5 Å². The fraction of sp³-hybridized carbons (Fsp3) is 0.500. The molecule has 1 rings (SSSR count). The van der Waals surface area contributed by atoms with E-state index in [1.807, 2.05) is 20.8 Å². The van der Waals surface area contributed by atoms with E-state index in [-0.39, 0.29) is 5.41 Å². The van der Waals surface area contributed by atoms with Crippen molar-refractivity contribution in [2.24, 2.45) is 0 Å². The van der Waals surface area contributed by atoms with Crippen LogP contribution in [0, 0.1) is 17.5 Å². The van der Waals surface area contributed by atoms with Crippen LogP contribution in [0.3, 0.4) is 0 Å². The quantitative estimate of drug-likeness (QED) is 0.665. The lowest BCUT2D eigenvalue weighted by Gasteiger charge is -2.24. The third-order valence-corrected chi connectivity index (χ3v) is 2.64. The third-order valence-electron chi connectivity index (χ3n) is 2.64. The Balaban J connectivity index is 3.16. The second kappa shape index (κ2) is 4.25. The number of halogens is 3. The summed E-state index contributed by atoms with van der Waals surface area (Å²) in [5.41, 5.74) is 0.171. The molecule has 0 bridgehead atoms. The highest BCUT2D eigenvalue weighted by Crippen LogP contribution is 2.30. The maximum Gasteiger partial charge on any atom is 0.194 e. The van der Waals surface area contributed by atoms with Crippen molar-refractivity contribution in [2.45, 2.75) is 39.0 Å². The van der Waals surface area contributed by atoms with Crippen molar-refractivity contribution in [1.82, 2.24) is 0 Å². The van der Waals surface area contributed by atoms with Crippen molar-refractivity contribution >= 4 is 0 Å². The van der Waals surface area contributed by atoms with Crippen molar-refractivity contribution in [3.05, 3.63) is 35.1 Å². The van der Waals surface area contributed by atoms with Crippen LogP contribution >= 0.6 is 0 Å². The maximum atomic E-state index is 13.0. The zero-order valence-electron chi connectivity index (χ0n) is 9.20. The van der Waals surface area contributed by atoms with Gasteiger partial charge >= 0.3 is 0 Å². The van der Waals surface area contributed by atoms with E-state index in [4.69, 9.17) is 0 Å². The summed E-state index contributed by atoms with van der Waals surface area (Å²) in [4.78, 5) is 0. The molecular weight excluding hydrogens is 201 g/mol. The Kier molecular flexibility index (Phi) is 3.42. The molecule has 0 radical (unpaired) electrons. The second-order valence-corrected chi connectivity index (χ2v) is 4.39. The van der Waals surface area contributed by atoms with Crippen LogP contribution in [0.15, 0.2) is 12.1 Å². The van der Waals surface area contributed by atoms with E-state index in [0.29, 0.717) is 5.56 Å². The molecule has 1 aromatic carbocycles. The first-order valence-electron chi connectivity index (χ1n) is 5.03. The molecule has 1 aromatic rings. The van der Waals surface area contributed by atoms with E-state index in [9.17, 15) is 13.2 Å². The first kappa shape index (κ1) is 12.1. The van der Waals surface area contributed by atoms with Gasteiger partial charge in [0.05, 0.1) is 0 Å². The number of hydrogen-bond acceptors (Lipinski definition) is 0. The largest absolute Gasteiger partial charge is 0.204 e. The van der Waals surface area contributed by atoms with Gasteiger partial charge in [-0.25, -0.2) is 13.2 Å². The highest BCUT2D eigenvalue weighted by Gasteiger charge is 2.22. The molecule has 0 unspecified atom stereocenters. The Morgan fingerprint density at radius 3 is 1.93 bits per heavy atom. The summed E-state index contributed by atoms with van der Waals surface area (Å²) in [6.07, 6.45) is 1.71. The summed E-state index contributed by atoms with van der Waals surface area (Å²) < 4.78 is 38.7. The molecule has 0 saturated carbocycles. The number of rotatable bonds is 3. The van der Waals surface area contributed by atoms with Gasteiger partial charge < -0.3 is 0 Å². The molecule has 84 valence electrons. The van der Waals surface area contributed by atoms with Crippen molar-refractivity contribution in [2.75, 3.05) is 0 Å². The average Bonchev–Trinajstić information content (AvgIpc) is 2.13. The number of benzene rings is 1. The molecule has 0 aliphatic rings. The molecule has 0 aliphatic carbocycles. The summed E-state index contributed by atoms with van der Waals surface area (Å²) in [6, 6.07) is 2.15. The molecule has 3 heteroatoms. The third kappa shape index (κ3) is 2.52. The molecule has 0 amide bonds. The topological polar surface area (TPSA) is 0 Å². The van der Waals surface area contributed by atoms with Crippen LogP contribution in [-0.4, -0.2) is 0 Å². The van der Waals surface area contributed by atoms with Crippen LogP contribution in [0.4, 0.5) is 13.2 Å². The van der Waals surface area contributed by atoms with Crippen molar-refractivity contribution in [3.8, 4) is 0 Å². The van der Waals surface area contributed by atoms with E-state index in [0.717, 1.165) is 25.0 Å². The van der Waals surface area contributed by atoms with Crippen molar-refractivity contribution in [1.29, 1.82) is 0 Å². The van der Waals surface area contributed by atoms with Gasteiger partial charge in [-0.2, -0.15) is 0 Å². The molecular formula is C12H15F3. The van der Waals surface area contributed by atoms with Gasteiger partial charge in [0.25, 0.3) is 0 Å². The summed E-state index contributed by atoms with van der Waals surface area (Å²) in [6.45, 7) is 5.78. The van der Waals surface area contributed by atoms with Crippen molar-refractivity contribution < 1.29 is 13.2 Å². The Hall–Kier alpha value is -0.990. The first-order chi connectivity index (χ1) is 6.88. The average molecular weight is 216 g/mol. The fourth-order valence-electron chi connectivity index (χ4n) is 1.72. The summed E-state index contributed by atoms with van der Waals surface area (Å²) >= 11 is 0. The van der Waals surface area contributed by atoms with E-state index in [1.165, 1.54) is 0 Å². The molecule has 0 spiro atoms. The summed E-state index contributed by atoms with van der Waals surface area (Å²) in [5.74, 6) is -3.63.